The van der Waals surface area contributed by atoms with Crippen molar-refractivity contribution in [3.8, 4) is 16.9 Å². The van der Waals surface area contributed by atoms with Crippen molar-refractivity contribution in [2.24, 2.45) is 7.05 Å². The fraction of sp³-hybridized carbons (Fsp3) is 0.0870. The molecule has 0 fully saturated rings. The van der Waals surface area contributed by atoms with E-state index in [2.05, 4.69) is 35.8 Å². The van der Waals surface area contributed by atoms with Crippen molar-refractivity contribution in [2.75, 3.05) is 10.6 Å². The molecule has 5 rings (SSSR count). The summed E-state index contributed by atoms with van der Waals surface area (Å²) in [4.78, 5) is 13.1. The molecule has 158 valence electrons. The highest BCUT2D eigenvalue weighted by atomic mass is 15.3. The van der Waals surface area contributed by atoms with E-state index in [4.69, 9.17) is 0 Å². The Labute approximate surface area is 184 Å². The van der Waals surface area contributed by atoms with Crippen molar-refractivity contribution in [3.63, 3.8) is 0 Å². The lowest BCUT2D eigenvalue weighted by atomic mass is 10.1. The summed E-state index contributed by atoms with van der Waals surface area (Å²) < 4.78 is 3.52. The Morgan fingerprint density at radius 2 is 1.69 bits per heavy atom. The van der Waals surface area contributed by atoms with Crippen LogP contribution in [0.3, 0.4) is 0 Å². The van der Waals surface area contributed by atoms with Gasteiger partial charge in [0, 0.05) is 36.4 Å². The summed E-state index contributed by atoms with van der Waals surface area (Å²) in [5.74, 6) is 1.91. The number of hydrogen-bond donors (Lipinski definition) is 2. The van der Waals surface area contributed by atoms with Crippen LogP contribution in [-0.4, -0.2) is 34.5 Å². The van der Waals surface area contributed by atoms with Gasteiger partial charge in [-0.3, -0.25) is 4.68 Å². The topological polar surface area (TPSA) is 98.4 Å². The van der Waals surface area contributed by atoms with Crippen molar-refractivity contribution in [1.29, 1.82) is 0 Å². The first-order valence-corrected chi connectivity index (χ1v) is 10.1. The highest BCUT2D eigenvalue weighted by molar-refractivity contribution is 5.78. The van der Waals surface area contributed by atoms with Gasteiger partial charge < -0.3 is 10.6 Å². The second-order valence-electron chi connectivity index (χ2n) is 7.22. The van der Waals surface area contributed by atoms with Gasteiger partial charge in [-0.25, -0.2) is 14.6 Å². The molecule has 0 radical (unpaired) electrons. The van der Waals surface area contributed by atoms with E-state index in [0.29, 0.717) is 11.8 Å². The van der Waals surface area contributed by atoms with Crippen LogP contribution in [0, 0.1) is 6.92 Å². The Kier molecular flexibility index (Phi) is 5.04. The number of hydrogen-bond acceptors (Lipinski definition) is 7. The number of aryl methyl sites for hydroxylation is 2. The van der Waals surface area contributed by atoms with E-state index in [1.165, 1.54) is 0 Å². The van der Waals surface area contributed by atoms with E-state index in [1.54, 1.807) is 21.9 Å². The molecule has 0 aliphatic rings. The van der Waals surface area contributed by atoms with E-state index in [1.807, 2.05) is 80.8 Å². The predicted molar refractivity (Wildman–Crippen MR) is 123 cm³/mol. The van der Waals surface area contributed by atoms with Crippen LogP contribution in [-0.2, 0) is 7.05 Å². The number of nitrogens with zero attached hydrogens (tertiary/aromatic N) is 7. The Bertz CT molecular complexity index is 1350. The van der Waals surface area contributed by atoms with Gasteiger partial charge in [0.15, 0.2) is 0 Å². The lowest BCUT2D eigenvalue weighted by Crippen LogP contribution is -2.02. The first kappa shape index (κ1) is 19.4. The molecular weight excluding hydrogens is 402 g/mol. The first-order valence-electron chi connectivity index (χ1n) is 10.1. The van der Waals surface area contributed by atoms with Gasteiger partial charge in [0.05, 0.1) is 11.4 Å². The molecule has 3 aromatic heterocycles. The van der Waals surface area contributed by atoms with Crippen LogP contribution in [0.4, 0.5) is 23.1 Å². The lowest BCUT2D eigenvalue weighted by molar-refractivity contribution is 0.771. The molecule has 0 aliphatic carbocycles. The molecule has 0 spiro atoms. The molecule has 0 unspecified atom stereocenters. The molecule has 3 heterocycles. The molecule has 2 N–H and O–H groups in total. The molecule has 0 bridgehead atoms. The van der Waals surface area contributed by atoms with Gasteiger partial charge in [-0.05, 0) is 49.4 Å². The minimum Gasteiger partial charge on any atom is -0.340 e. The molecular formula is C23H21N9. The Balaban J connectivity index is 1.34. The summed E-state index contributed by atoms with van der Waals surface area (Å²) in [5.41, 5.74) is 4.62. The molecule has 9 nitrogen and oxygen atoms in total. The van der Waals surface area contributed by atoms with Gasteiger partial charge in [-0.15, -0.1) is 0 Å². The Hall–Kier alpha value is -4.53. The SMILES string of the molecule is Cc1ncn(-c2ccc(Nc3nccc(Nc4ccccc4-c4ccn(C)n4)n3)cc2)n1. The van der Waals surface area contributed by atoms with Crippen LogP contribution in [0.25, 0.3) is 16.9 Å². The minimum absolute atomic E-state index is 0.495. The number of benzene rings is 2. The quantitative estimate of drug-likeness (QED) is 0.421. The number of rotatable bonds is 6. The van der Waals surface area contributed by atoms with Crippen LogP contribution in [0.2, 0.25) is 0 Å². The third kappa shape index (κ3) is 4.17. The van der Waals surface area contributed by atoms with Gasteiger partial charge in [-0.1, -0.05) is 18.2 Å². The molecule has 0 atom stereocenters. The van der Waals surface area contributed by atoms with Crippen molar-refractivity contribution in [2.45, 2.75) is 6.92 Å². The third-order valence-electron chi connectivity index (χ3n) is 4.83. The zero-order chi connectivity index (χ0) is 21.9. The van der Waals surface area contributed by atoms with E-state index in [0.717, 1.165) is 34.1 Å². The monoisotopic (exact) mass is 423 g/mol. The minimum atomic E-state index is 0.495. The van der Waals surface area contributed by atoms with Crippen LogP contribution in [0.1, 0.15) is 5.82 Å². The van der Waals surface area contributed by atoms with Gasteiger partial charge in [0.1, 0.15) is 18.0 Å². The molecule has 5 aromatic rings. The molecule has 2 aromatic carbocycles. The van der Waals surface area contributed by atoms with Gasteiger partial charge in [-0.2, -0.15) is 15.2 Å². The van der Waals surface area contributed by atoms with Crippen molar-refractivity contribution >= 4 is 23.1 Å². The zero-order valence-corrected chi connectivity index (χ0v) is 17.6. The van der Waals surface area contributed by atoms with Gasteiger partial charge >= 0.3 is 0 Å². The summed E-state index contributed by atoms with van der Waals surface area (Å²) in [6.07, 6.45) is 5.33. The highest BCUT2D eigenvalue weighted by Gasteiger charge is 2.09. The van der Waals surface area contributed by atoms with Crippen molar-refractivity contribution in [3.05, 3.63) is 85.2 Å². The fourth-order valence-electron chi connectivity index (χ4n) is 3.30. The third-order valence-corrected chi connectivity index (χ3v) is 4.83. The van der Waals surface area contributed by atoms with E-state index in [9.17, 15) is 0 Å². The number of para-hydroxylation sites is 1. The molecule has 0 saturated carbocycles. The maximum Gasteiger partial charge on any atom is 0.229 e. The van der Waals surface area contributed by atoms with Crippen molar-refractivity contribution < 1.29 is 0 Å². The predicted octanol–water partition coefficient (Wildman–Crippen LogP) is 4.25. The normalized spacial score (nSPS) is 10.8. The number of nitrogens with one attached hydrogen (secondary N) is 2. The van der Waals surface area contributed by atoms with Gasteiger partial charge in [0.25, 0.3) is 0 Å². The van der Waals surface area contributed by atoms with Gasteiger partial charge in [0.2, 0.25) is 5.95 Å². The average molecular weight is 423 g/mol. The van der Waals surface area contributed by atoms with E-state index in [-0.39, 0.29) is 0 Å². The van der Waals surface area contributed by atoms with Crippen molar-refractivity contribution in [1.82, 2.24) is 34.5 Å². The highest BCUT2D eigenvalue weighted by Crippen LogP contribution is 2.28. The maximum absolute atomic E-state index is 4.60. The average Bonchev–Trinajstić information content (AvgIpc) is 3.43. The molecule has 32 heavy (non-hydrogen) atoms. The summed E-state index contributed by atoms with van der Waals surface area (Å²) in [6.45, 7) is 1.86. The first-order chi connectivity index (χ1) is 15.6. The zero-order valence-electron chi connectivity index (χ0n) is 17.6. The van der Waals surface area contributed by atoms with E-state index < -0.39 is 0 Å². The second-order valence-corrected chi connectivity index (χ2v) is 7.22. The Morgan fingerprint density at radius 1 is 0.844 bits per heavy atom. The maximum atomic E-state index is 4.60. The van der Waals surface area contributed by atoms with Crippen LogP contribution in [0.15, 0.2) is 79.4 Å². The van der Waals surface area contributed by atoms with E-state index >= 15 is 0 Å². The van der Waals surface area contributed by atoms with Crippen LogP contribution < -0.4 is 10.6 Å². The molecule has 0 amide bonds. The number of aromatic nitrogens is 7. The Morgan fingerprint density at radius 3 is 2.44 bits per heavy atom. The number of anilines is 4. The molecule has 9 heteroatoms. The summed E-state index contributed by atoms with van der Waals surface area (Å²) in [6, 6.07) is 19.6. The largest absolute Gasteiger partial charge is 0.340 e. The van der Waals surface area contributed by atoms with Crippen LogP contribution in [0.5, 0.6) is 0 Å². The molecule has 0 aliphatic heterocycles. The lowest BCUT2D eigenvalue weighted by Gasteiger charge is -2.11. The molecule has 0 saturated heterocycles. The smallest absolute Gasteiger partial charge is 0.229 e. The summed E-state index contributed by atoms with van der Waals surface area (Å²) in [7, 11) is 1.90. The van der Waals surface area contributed by atoms with Crippen LogP contribution >= 0.6 is 0 Å². The standard InChI is InChI=1S/C23H21N9/c1-16-25-15-32(29-16)18-9-7-17(8-10-18)26-23-24-13-11-22(28-23)27-20-6-4-3-5-19(20)21-12-14-31(2)30-21/h3-15H,1-2H3,(H2,24,26,27,28). The summed E-state index contributed by atoms with van der Waals surface area (Å²) in [5, 5.41) is 15.5. The summed E-state index contributed by atoms with van der Waals surface area (Å²) >= 11 is 0. The fourth-order valence-corrected chi connectivity index (χ4v) is 3.30. The second kappa shape index (κ2) is 8.31.